The lowest BCUT2D eigenvalue weighted by molar-refractivity contribution is -0.126. The molecule has 0 aromatic heterocycles. The number of amides is 1. The average molecular weight is 195 g/mol. The molecule has 4 atom stereocenters. The number of ether oxygens (including phenoxy) is 1. The summed E-state index contributed by atoms with van der Waals surface area (Å²) in [5.41, 5.74) is 0. The zero-order valence-electron chi connectivity index (χ0n) is 8.91. The molecule has 0 aliphatic carbocycles. The number of hydrogen-bond donors (Lipinski definition) is 1. The summed E-state index contributed by atoms with van der Waals surface area (Å²) < 4.78 is 5.57. The van der Waals surface area contributed by atoms with Crippen molar-refractivity contribution in [1.82, 2.24) is 5.32 Å². The molecule has 1 fully saturated rings. The molecule has 1 aliphatic rings. The third kappa shape index (κ3) is 2.08. The number of nitrogens with one attached hydrogen (secondary N) is 1. The third-order valence-corrected chi connectivity index (χ3v) is 2.91. The number of carbonyl (C=O) groups is 1. The van der Waals surface area contributed by atoms with Crippen molar-refractivity contribution in [3.63, 3.8) is 0 Å². The van der Waals surface area contributed by atoms with E-state index in [1.54, 1.807) is 0 Å². The molecular formula is C11H17NO2. The lowest BCUT2D eigenvalue weighted by Gasteiger charge is -2.16. The van der Waals surface area contributed by atoms with Gasteiger partial charge in [-0.2, -0.15) is 0 Å². The minimum absolute atomic E-state index is 0.00676. The molecular weight excluding hydrogens is 178 g/mol. The molecule has 1 saturated heterocycles. The fourth-order valence-corrected chi connectivity index (χ4v) is 1.97. The topological polar surface area (TPSA) is 38.3 Å². The van der Waals surface area contributed by atoms with E-state index in [0.717, 1.165) is 0 Å². The number of terminal acetylenes is 1. The SMILES string of the molecule is C#CCNC(=O)C1C(C)OC(C)C1C. The fraction of sp³-hybridized carbons (Fsp3) is 0.727. The molecule has 4 unspecified atom stereocenters. The second kappa shape index (κ2) is 4.47. The molecule has 14 heavy (non-hydrogen) atoms. The van der Waals surface area contributed by atoms with Crippen LogP contribution < -0.4 is 5.32 Å². The Kier molecular flexibility index (Phi) is 3.54. The Morgan fingerprint density at radius 1 is 1.43 bits per heavy atom. The first-order chi connectivity index (χ1) is 6.57. The first-order valence-electron chi connectivity index (χ1n) is 4.94. The maximum absolute atomic E-state index is 11.7. The fourth-order valence-electron chi connectivity index (χ4n) is 1.97. The van der Waals surface area contributed by atoms with Gasteiger partial charge < -0.3 is 10.1 Å². The van der Waals surface area contributed by atoms with E-state index in [4.69, 9.17) is 11.2 Å². The summed E-state index contributed by atoms with van der Waals surface area (Å²) in [7, 11) is 0. The van der Waals surface area contributed by atoms with Gasteiger partial charge in [-0.1, -0.05) is 12.8 Å². The van der Waals surface area contributed by atoms with Crippen molar-refractivity contribution in [1.29, 1.82) is 0 Å². The molecule has 1 aliphatic heterocycles. The van der Waals surface area contributed by atoms with E-state index in [9.17, 15) is 4.79 Å². The van der Waals surface area contributed by atoms with Gasteiger partial charge in [0.2, 0.25) is 5.91 Å². The molecule has 3 heteroatoms. The summed E-state index contributed by atoms with van der Waals surface area (Å²) >= 11 is 0. The molecule has 1 N–H and O–H groups in total. The van der Waals surface area contributed by atoms with Gasteiger partial charge in [-0.05, 0) is 19.8 Å². The van der Waals surface area contributed by atoms with E-state index in [0.29, 0.717) is 6.54 Å². The van der Waals surface area contributed by atoms with Crippen molar-refractivity contribution in [2.75, 3.05) is 6.54 Å². The van der Waals surface area contributed by atoms with E-state index in [1.165, 1.54) is 0 Å². The van der Waals surface area contributed by atoms with Gasteiger partial charge in [0, 0.05) is 0 Å². The van der Waals surface area contributed by atoms with Gasteiger partial charge in [-0.3, -0.25) is 4.79 Å². The van der Waals surface area contributed by atoms with Gasteiger partial charge in [0.15, 0.2) is 0 Å². The van der Waals surface area contributed by atoms with Crippen LogP contribution in [0.1, 0.15) is 20.8 Å². The number of hydrogen-bond acceptors (Lipinski definition) is 2. The Bertz CT molecular complexity index is 257. The van der Waals surface area contributed by atoms with Crippen molar-refractivity contribution < 1.29 is 9.53 Å². The maximum atomic E-state index is 11.7. The Morgan fingerprint density at radius 2 is 2.07 bits per heavy atom. The van der Waals surface area contributed by atoms with Gasteiger partial charge in [0.25, 0.3) is 0 Å². The largest absolute Gasteiger partial charge is 0.374 e. The molecule has 0 aromatic carbocycles. The summed E-state index contributed by atoms with van der Waals surface area (Å²) in [6.07, 6.45) is 5.21. The Hall–Kier alpha value is -1.01. The summed E-state index contributed by atoms with van der Waals surface area (Å²) in [5.74, 6) is 2.58. The van der Waals surface area contributed by atoms with E-state index >= 15 is 0 Å². The number of rotatable bonds is 2. The molecule has 78 valence electrons. The molecule has 0 bridgehead atoms. The Balaban J connectivity index is 2.59. The molecule has 0 radical (unpaired) electrons. The predicted octanol–water partition coefficient (Wildman–Crippen LogP) is 0.795. The minimum Gasteiger partial charge on any atom is -0.374 e. The minimum atomic E-state index is -0.0710. The van der Waals surface area contributed by atoms with Crippen LogP contribution in [-0.4, -0.2) is 24.7 Å². The van der Waals surface area contributed by atoms with E-state index < -0.39 is 0 Å². The number of carbonyl (C=O) groups excluding carboxylic acids is 1. The molecule has 0 spiro atoms. The monoisotopic (exact) mass is 195 g/mol. The average Bonchev–Trinajstić information content (AvgIpc) is 2.38. The van der Waals surface area contributed by atoms with E-state index in [-0.39, 0.29) is 30.0 Å². The standard InChI is InChI=1S/C11H17NO2/c1-5-6-12-11(13)10-7(2)8(3)14-9(10)4/h1,7-10H,6H2,2-4H3,(H,12,13). The highest BCUT2D eigenvalue weighted by Crippen LogP contribution is 2.31. The smallest absolute Gasteiger partial charge is 0.226 e. The maximum Gasteiger partial charge on any atom is 0.226 e. The van der Waals surface area contributed by atoms with E-state index in [2.05, 4.69) is 11.2 Å². The highest BCUT2D eigenvalue weighted by molar-refractivity contribution is 5.80. The summed E-state index contributed by atoms with van der Waals surface area (Å²) in [6.45, 7) is 6.26. The highest BCUT2D eigenvalue weighted by atomic mass is 16.5. The van der Waals surface area contributed by atoms with Crippen LogP contribution in [0.5, 0.6) is 0 Å². The van der Waals surface area contributed by atoms with Crippen LogP contribution in [0.25, 0.3) is 0 Å². The lowest BCUT2D eigenvalue weighted by atomic mass is 9.89. The lowest BCUT2D eigenvalue weighted by Crippen LogP contribution is -2.37. The van der Waals surface area contributed by atoms with Crippen molar-refractivity contribution in [3.8, 4) is 12.3 Å². The Morgan fingerprint density at radius 3 is 2.50 bits per heavy atom. The van der Waals surface area contributed by atoms with Gasteiger partial charge in [-0.25, -0.2) is 0 Å². The highest BCUT2D eigenvalue weighted by Gasteiger charge is 2.41. The predicted molar refractivity (Wildman–Crippen MR) is 54.5 cm³/mol. The first kappa shape index (κ1) is 11.1. The van der Waals surface area contributed by atoms with E-state index in [1.807, 2.05) is 20.8 Å². The van der Waals surface area contributed by atoms with Gasteiger partial charge in [0.05, 0.1) is 24.7 Å². The molecule has 1 heterocycles. The van der Waals surface area contributed by atoms with Gasteiger partial charge in [0.1, 0.15) is 0 Å². The second-order valence-corrected chi connectivity index (χ2v) is 3.85. The molecule has 0 aromatic rings. The molecule has 3 nitrogen and oxygen atoms in total. The van der Waals surface area contributed by atoms with Crippen molar-refractivity contribution >= 4 is 5.91 Å². The van der Waals surface area contributed by atoms with Crippen LogP contribution >= 0.6 is 0 Å². The van der Waals surface area contributed by atoms with Crippen LogP contribution in [0.4, 0.5) is 0 Å². The van der Waals surface area contributed by atoms with Crippen molar-refractivity contribution in [2.24, 2.45) is 11.8 Å². The van der Waals surface area contributed by atoms with Gasteiger partial charge in [-0.15, -0.1) is 6.42 Å². The van der Waals surface area contributed by atoms with Crippen LogP contribution in [0.15, 0.2) is 0 Å². The first-order valence-corrected chi connectivity index (χ1v) is 4.94. The Labute approximate surface area is 85.2 Å². The third-order valence-electron chi connectivity index (χ3n) is 2.91. The van der Waals surface area contributed by atoms with Crippen LogP contribution in [-0.2, 0) is 9.53 Å². The summed E-state index contributed by atoms with van der Waals surface area (Å²) in [4.78, 5) is 11.7. The quantitative estimate of drug-likeness (QED) is 0.662. The molecule has 1 rings (SSSR count). The zero-order valence-corrected chi connectivity index (χ0v) is 8.91. The van der Waals surface area contributed by atoms with Crippen LogP contribution in [0, 0.1) is 24.2 Å². The van der Waals surface area contributed by atoms with Crippen LogP contribution in [0.2, 0.25) is 0 Å². The van der Waals surface area contributed by atoms with Crippen LogP contribution in [0.3, 0.4) is 0 Å². The summed E-state index contributed by atoms with van der Waals surface area (Å²) in [5, 5.41) is 2.70. The zero-order chi connectivity index (χ0) is 10.7. The van der Waals surface area contributed by atoms with Crippen molar-refractivity contribution in [2.45, 2.75) is 33.0 Å². The second-order valence-electron chi connectivity index (χ2n) is 3.85. The summed E-state index contributed by atoms with van der Waals surface area (Å²) in [6, 6.07) is 0. The normalized spacial score (nSPS) is 36.4. The van der Waals surface area contributed by atoms with Gasteiger partial charge >= 0.3 is 0 Å². The molecule has 0 saturated carbocycles. The molecule has 1 amide bonds. The van der Waals surface area contributed by atoms with Crippen molar-refractivity contribution in [3.05, 3.63) is 0 Å².